The van der Waals surface area contributed by atoms with E-state index in [1.165, 1.54) is 18.2 Å². The second-order valence-corrected chi connectivity index (χ2v) is 4.44. The lowest BCUT2D eigenvalue weighted by atomic mass is 10.1. The van der Waals surface area contributed by atoms with Crippen LogP contribution in [0.5, 0.6) is 0 Å². The summed E-state index contributed by atoms with van der Waals surface area (Å²) >= 11 is 5.72. The Kier molecular flexibility index (Phi) is 7.36. The van der Waals surface area contributed by atoms with Crippen LogP contribution in [-0.4, -0.2) is 23.9 Å². The number of nitrogens with two attached hydrogens (primary N) is 1. The van der Waals surface area contributed by atoms with Crippen molar-refractivity contribution in [3.05, 3.63) is 38.9 Å². The molecule has 0 aliphatic rings. The summed E-state index contributed by atoms with van der Waals surface area (Å²) in [6.07, 6.45) is 0. The Morgan fingerprint density at radius 1 is 1.53 bits per heavy atom. The van der Waals surface area contributed by atoms with Crippen LogP contribution in [0.3, 0.4) is 0 Å². The van der Waals surface area contributed by atoms with Gasteiger partial charge in [-0.05, 0) is 18.5 Å². The van der Waals surface area contributed by atoms with Gasteiger partial charge in [0.15, 0.2) is 0 Å². The summed E-state index contributed by atoms with van der Waals surface area (Å²) in [6, 6.07) is 3.77. The van der Waals surface area contributed by atoms with Gasteiger partial charge in [0.2, 0.25) is 0 Å². The lowest BCUT2D eigenvalue weighted by Crippen LogP contribution is -2.31. The zero-order chi connectivity index (χ0) is 13.7. The average molecular weight is 308 g/mol. The maximum atomic E-state index is 11.8. The fourth-order valence-electron chi connectivity index (χ4n) is 1.26. The summed E-state index contributed by atoms with van der Waals surface area (Å²) in [6.45, 7) is 2.76. The number of hydrogen-bond donors (Lipinski definition) is 2. The number of carbonyl (C=O) groups excluding carboxylic acids is 1. The van der Waals surface area contributed by atoms with Gasteiger partial charge >= 0.3 is 0 Å². The number of amides is 1. The second kappa shape index (κ2) is 7.93. The molecule has 1 amide bonds. The Labute approximate surface area is 121 Å². The third kappa shape index (κ3) is 5.42. The summed E-state index contributed by atoms with van der Waals surface area (Å²) < 4.78 is 0. The molecule has 0 saturated carbocycles. The number of benzene rings is 1. The van der Waals surface area contributed by atoms with Crippen LogP contribution in [0.2, 0.25) is 5.02 Å². The SMILES string of the molecule is CC(CN)CNC(=O)c1cc(Cl)cc([N+](=O)[O-])c1.Cl. The minimum Gasteiger partial charge on any atom is -0.352 e. The van der Waals surface area contributed by atoms with Crippen molar-refractivity contribution in [2.75, 3.05) is 13.1 Å². The van der Waals surface area contributed by atoms with Crippen molar-refractivity contribution in [1.82, 2.24) is 5.32 Å². The number of halogens is 2. The van der Waals surface area contributed by atoms with E-state index in [0.29, 0.717) is 13.1 Å². The normalized spacial score (nSPS) is 11.3. The molecule has 0 bridgehead atoms. The van der Waals surface area contributed by atoms with E-state index >= 15 is 0 Å². The fraction of sp³-hybridized carbons (Fsp3) is 0.364. The number of carbonyl (C=O) groups is 1. The van der Waals surface area contributed by atoms with Gasteiger partial charge in [0.1, 0.15) is 0 Å². The first-order chi connectivity index (χ1) is 8.43. The Morgan fingerprint density at radius 3 is 2.68 bits per heavy atom. The quantitative estimate of drug-likeness (QED) is 0.642. The summed E-state index contributed by atoms with van der Waals surface area (Å²) in [5, 5.41) is 13.4. The molecule has 0 radical (unpaired) electrons. The summed E-state index contributed by atoms with van der Waals surface area (Å²) in [5.41, 5.74) is 5.38. The largest absolute Gasteiger partial charge is 0.352 e. The molecule has 0 saturated heterocycles. The van der Waals surface area contributed by atoms with Crippen molar-refractivity contribution in [3.63, 3.8) is 0 Å². The smallest absolute Gasteiger partial charge is 0.271 e. The molecule has 8 heteroatoms. The van der Waals surface area contributed by atoms with Crippen LogP contribution >= 0.6 is 24.0 Å². The topological polar surface area (TPSA) is 98.3 Å². The minimum atomic E-state index is -0.592. The number of non-ortho nitro benzene ring substituents is 1. The molecule has 106 valence electrons. The molecule has 0 aliphatic carbocycles. The minimum absolute atomic E-state index is 0. The van der Waals surface area contributed by atoms with Crippen LogP contribution in [0.15, 0.2) is 18.2 Å². The summed E-state index contributed by atoms with van der Waals surface area (Å²) in [7, 11) is 0. The van der Waals surface area contributed by atoms with Crippen LogP contribution in [0.25, 0.3) is 0 Å². The zero-order valence-electron chi connectivity index (χ0n) is 10.3. The molecule has 1 atom stereocenters. The van der Waals surface area contributed by atoms with Crippen molar-refractivity contribution < 1.29 is 9.72 Å². The van der Waals surface area contributed by atoms with E-state index in [1.54, 1.807) is 0 Å². The van der Waals surface area contributed by atoms with Gasteiger partial charge in [-0.2, -0.15) is 0 Å². The van der Waals surface area contributed by atoms with E-state index in [4.69, 9.17) is 17.3 Å². The molecule has 0 aliphatic heterocycles. The number of nitro benzene ring substituents is 1. The zero-order valence-corrected chi connectivity index (χ0v) is 11.8. The highest BCUT2D eigenvalue weighted by molar-refractivity contribution is 6.31. The maximum Gasteiger partial charge on any atom is 0.271 e. The van der Waals surface area contributed by atoms with Crippen LogP contribution in [0.4, 0.5) is 5.69 Å². The van der Waals surface area contributed by atoms with Gasteiger partial charge < -0.3 is 11.1 Å². The van der Waals surface area contributed by atoms with Gasteiger partial charge in [0.25, 0.3) is 11.6 Å². The number of nitro groups is 1. The van der Waals surface area contributed by atoms with Crippen molar-refractivity contribution in [1.29, 1.82) is 0 Å². The second-order valence-electron chi connectivity index (χ2n) is 4.01. The van der Waals surface area contributed by atoms with E-state index in [0.717, 1.165) is 0 Å². The number of nitrogens with one attached hydrogen (secondary N) is 1. The van der Waals surface area contributed by atoms with Crippen LogP contribution in [0, 0.1) is 16.0 Å². The molecule has 1 unspecified atom stereocenters. The van der Waals surface area contributed by atoms with Gasteiger partial charge in [-0.1, -0.05) is 18.5 Å². The molecule has 1 aromatic carbocycles. The van der Waals surface area contributed by atoms with E-state index in [2.05, 4.69) is 5.32 Å². The Morgan fingerprint density at radius 2 is 2.16 bits per heavy atom. The lowest BCUT2D eigenvalue weighted by molar-refractivity contribution is -0.384. The first-order valence-electron chi connectivity index (χ1n) is 5.37. The monoisotopic (exact) mass is 307 g/mol. The Bertz CT molecular complexity index is 468. The number of nitrogens with zero attached hydrogens (tertiary/aromatic N) is 1. The molecule has 6 nitrogen and oxygen atoms in total. The first kappa shape index (κ1) is 17.6. The highest BCUT2D eigenvalue weighted by Crippen LogP contribution is 2.20. The van der Waals surface area contributed by atoms with Crippen LogP contribution in [-0.2, 0) is 0 Å². The molecule has 0 spiro atoms. The number of rotatable bonds is 5. The molecule has 19 heavy (non-hydrogen) atoms. The highest BCUT2D eigenvalue weighted by atomic mass is 35.5. The number of hydrogen-bond acceptors (Lipinski definition) is 4. The molecule has 0 aromatic heterocycles. The molecule has 0 heterocycles. The van der Waals surface area contributed by atoms with Crippen molar-refractivity contribution in [2.45, 2.75) is 6.92 Å². The third-order valence-corrected chi connectivity index (χ3v) is 2.59. The summed E-state index contributed by atoms with van der Waals surface area (Å²) in [4.78, 5) is 21.8. The van der Waals surface area contributed by atoms with Crippen molar-refractivity contribution >= 4 is 35.6 Å². The molecule has 0 fully saturated rings. The fourth-order valence-corrected chi connectivity index (χ4v) is 1.49. The van der Waals surface area contributed by atoms with Crippen LogP contribution in [0.1, 0.15) is 17.3 Å². The van der Waals surface area contributed by atoms with Crippen molar-refractivity contribution in [2.24, 2.45) is 11.7 Å². The maximum absolute atomic E-state index is 11.8. The third-order valence-electron chi connectivity index (χ3n) is 2.37. The van der Waals surface area contributed by atoms with Gasteiger partial charge in [-0.25, -0.2) is 0 Å². The van der Waals surface area contributed by atoms with E-state index in [9.17, 15) is 14.9 Å². The predicted octanol–water partition coefficient (Wildman–Crippen LogP) is 1.99. The van der Waals surface area contributed by atoms with E-state index < -0.39 is 10.8 Å². The summed E-state index contributed by atoms with van der Waals surface area (Å²) in [5.74, 6) is -0.260. The van der Waals surface area contributed by atoms with E-state index in [-0.39, 0.29) is 34.6 Å². The molecular formula is C11H15Cl2N3O3. The molecule has 1 aromatic rings. The molecule has 3 N–H and O–H groups in total. The van der Waals surface area contributed by atoms with Crippen molar-refractivity contribution in [3.8, 4) is 0 Å². The Hall–Kier alpha value is -1.37. The average Bonchev–Trinajstić information content (AvgIpc) is 2.34. The lowest BCUT2D eigenvalue weighted by Gasteiger charge is -2.10. The van der Waals surface area contributed by atoms with Gasteiger partial charge in [-0.3, -0.25) is 14.9 Å². The van der Waals surface area contributed by atoms with Gasteiger partial charge in [0.05, 0.1) is 4.92 Å². The van der Waals surface area contributed by atoms with Gasteiger partial charge in [-0.15, -0.1) is 12.4 Å². The molecular weight excluding hydrogens is 293 g/mol. The molecule has 1 rings (SSSR count). The van der Waals surface area contributed by atoms with Gasteiger partial charge in [0, 0.05) is 29.3 Å². The van der Waals surface area contributed by atoms with Crippen LogP contribution < -0.4 is 11.1 Å². The first-order valence-corrected chi connectivity index (χ1v) is 5.75. The highest BCUT2D eigenvalue weighted by Gasteiger charge is 2.14. The predicted molar refractivity (Wildman–Crippen MR) is 75.9 cm³/mol. The Balaban J connectivity index is 0.00000324. The van der Waals surface area contributed by atoms with E-state index in [1.807, 2.05) is 6.92 Å². The standard InChI is InChI=1S/C11H14ClN3O3.ClH/c1-7(5-13)6-14-11(16)8-2-9(12)4-10(3-8)15(17)18;/h2-4,7H,5-6,13H2,1H3,(H,14,16);1H.